The van der Waals surface area contributed by atoms with Gasteiger partial charge in [-0.2, -0.15) is 0 Å². The molecule has 0 aromatic heterocycles. The number of rotatable bonds is 2. The van der Waals surface area contributed by atoms with Crippen LogP contribution in [-0.4, -0.2) is 47.7 Å². The van der Waals surface area contributed by atoms with Crippen molar-refractivity contribution >= 4 is 5.97 Å². The lowest BCUT2D eigenvalue weighted by Gasteiger charge is -2.19. The van der Waals surface area contributed by atoms with Gasteiger partial charge in [-0.25, -0.2) is 4.79 Å². The predicted molar refractivity (Wildman–Crippen MR) is 38.4 cm³/mol. The number of aliphatic hydroxyl groups excluding tert-OH is 2. The summed E-state index contributed by atoms with van der Waals surface area (Å²) in [6.45, 7) is 1.47. The van der Waals surface area contributed by atoms with E-state index in [1.54, 1.807) is 0 Å². The molecule has 0 aromatic carbocycles. The lowest BCUT2D eigenvalue weighted by atomic mass is 10.1. The van der Waals surface area contributed by atoms with E-state index < -0.39 is 30.4 Å². The van der Waals surface area contributed by atoms with Crippen molar-refractivity contribution in [1.82, 2.24) is 0 Å². The SMILES string of the molecule is COC1C(O)C(=O)OC1C(C)O. The van der Waals surface area contributed by atoms with Crippen LogP contribution >= 0.6 is 0 Å². The number of aliphatic hydroxyl groups is 2. The molecule has 70 valence electrons. The lowest BCUT2D eigenvalue weighted by Crippen LogP contribution is -2.38. The van der Waals surface area contributed by atoms with Crippen LogP contribution in [0.2, 0.25) is 0 Å². The van der Waals surface area contributed by atoms with Gasteiger partial charge in [0, 0.05) is 7.11 Å². The molecule has 0 saturated carbocycles. The second kappa shape index (κ2) is 3.38. The van der Waals surface area contributed by atoms with Gasteiger partial charge < -0.3 is 19.7 Å². The van der Waals surface area contributed by atoms with Crippen molar-refractivity contribution in [2.24, 2.45) is 0 Å². The van der Waals surface area contributed by atoms with Crippen molar-refractivity contribution in [2.45, 2.75) is 31.3 Å². The molecule has 1 rings (SSSR count). The van der Waals surface area contributed by atoms with Gasteiger partial charge in [0.25, 0.3) is 0 Å². The molecule has 1 heterocycles. The van der Waals surface area contributed by atoms with Crippen molar-refractivity contribution in [1.29, 1.82) is 0 Å². The molecule has 12 heavy (non-hydrogen) atoms. The molecule has 0 aromatic rings. The average Bonchev–Trinajstić information content (AvgIpc) is 2.29. The molecular weight excluding hydrogens is 164 g/mol. The molecule has 5 nitrogen and oxygen atoms in total. The fourth-order valence-electron chi connectivity index (χ4n) is 1.22. The van der Waals surface area contributed by atoms with E-state index >= 15 is 0 Å². The van der Waals surface area contributed by atoms with Crippen LogP contribution in [0.5, 0.6) is 0 Å². The molecule has 5 heteroatoms. The lowest BCUT2D eigenvalue weighted by molar-refractivity contribution is -0.150. The number of hydrogen-bond acceptors (Lipinski definition) is 5. The van der Waals surface area contributed by atoms with E-state index in [1.165, 1.54) is 14.0 Å². The molecule has 0 spiro atoms. The van der Waals surface area contributed by atoms with Gasteiger partial charge in [0.2, 0.25) is 0 Å². The van der Waals surface area contributed by atoms with Crippen LogP contribution < -0.4 is 0 Å². The third-order valence-electron chi connectivity index (χ3n) is 1.88. The highest BCUT2D eigenvalue weighted by atomic mass is 16.6. The Morgan fingerprint density at radius 1 is 1.67 bits per heavy atom. The summed E-state index contributed by atoms with van der Waals surface area (Å²) in [5.74, 6) is -0.743. The van der Waals surface area contributed by atoms with Crippen molar-refractivity contribution in [3.05, 3.63) is 0 Å². The van der Waals surface area contributed by atoms with Gasteiger partial charge in [-0.05, 0) is 6.92 Å². The zero-order valence-corrected chi connectivity index (χ0v) is 6.93. The number of carbonyl (C=O) groups is 1. The molecule has 0 radical (unpaired) electrons. The van der Waals surface area contributed by atoms with Crippen molar-refractivity contribution in [3.8, 4) is 0 Å². The Labute approximate surface area is 69.9 Å². The normalized spacial score (nSPS) is 38.0. The van der Waals surface area contributed by atoms with Crippen LogP contribution in [0, 0.1) is 0 Å². The maximum Gasteiger partial charge on any atom is 0.338 e. The molecule has 2 N–H and O–H groups in total. The first-order valence-electron chi connectivity index (χ1n) is 3.67. The van der Waals surface area contributed by atoms with Gasteiger partial charge in [0.05, 0.1) is 6.10 Å². The molecule has 1 fully saturated rings. The summed E-state index contributed by atoms with van der Waals surface area (Å²) in [6, 6.07) is 0. The van der Waals surface area contributed by atoms with Gasteiger partial charge in [0.1, 0.15) is 6.10 Å². The predicted octanol–water partition coefficient (Wildman–Crippen LogP) is -1.33. The summed E-state index contributed by atoms with van der Waals surface area (Å²) < 4.78 is 9.49. The van der Waals surface area contributed by atoms with E-state index in [9.17, 15) is 4.79 Å². The van der Waals surface area contributed by atoms with Gasteiger partial charge in [0.15, 0.2) is 12.2 Å². The van der Waals surface area contributed by atoms with Crippen LogP contribution in [-0.2, 0) is 14.3 Å². The summed E-state index contributed by atoms with van der Waals surface area (Å²) in [5.41, 5.74) is 0. The van der Waals surface area contributed by atoms with Crippen molar-refractivity contribution < 1.29 is 24.5 Å². The van der Waals surface area contributed by atoms with Crippen LogP contribution in [0.25, 0.3) is 0 Å². The Bertz CT molecular complexity index is 179. The Morgan fingerprint density at radius 3 is 2.58 bits per heavy atom. The largest absolute Gasteiger partial charge is 0.455 e. The van der Waals surface area contributed by atoms with E-state index in [0.717, 1.165) is 0 Å². The second-order valence-corrected chi connectivity index (χ2v) is 2.79. The van der Waals surface area contributed by atoms with Crippen LogP contribution in [0.15, 0.2) is 0 Å². The van der Waals surface area contributed by atoms with Gasteiger partial charge >= 0.3 is 5.97 Å². The zero-order valence-electron chi connectivity index (χ0n) is 6.93. The minimum absolute atomic E-state index is 0.743. The quantitative estimate of drug-likeness (QED) is 0.510. The fourth-order valence-corrected chi connectivity index (χ4v) is 1.22. The van der Waals surface area contributed by atoms with Crippen LogP contribution in [0.1, 0.15) is 6.92 Å². The number of ether oxygens (including phenoxy) is 2. The van der Waals surface area contributed by atoms with E-state index in [2.05, 4.69) is 4.74 Å². The maximum atomic E-state index is 10.8. The first kappa shape index (κ1) is 9.44. The zero-order chi connectivity index (χ0) is 9.30. The minimum Gasteiger partial charge on any atom is -0.455 e. The number of carbonyl (C=O) groups excluding carboxylic acids is 1. The summed E-state index contributed by atoms with van der Waals surface area (Å²) in [5, 5.41) is 18.3. The monoisotopic (exact) mass is 176 g/mol. The van der Waals surface area contributed by atoms with Crippen molar-refractivity contribution in [2.75, 3.05) is 7.11 Å². The third kappa shape index (κ3) is 1.43. The molecule has 4 atom stereocenters. The third-order valence-corrected chi connectivity index (χ3v) is 1.88. The molecule has 0 bridgehead atoms. The van der Waals surface area contributed by atoms with Crippen LogP contribution in [0.3, 0.4) is 0 Å². The summed E-state index contributed by atoms with van der Waals surface area (Å²) in [4.78, 5) is 10.8. The Kier molecular flexibility index (Phi) is 2.66. The summed E-state index contributed by atoms with van der Waals surface area (Å²) in [6.07, 6.45) is -3.65. The molecule has 4 unspecified atom stereocenters. The molecular formula is C7H12O5. The Morgan fingerprint density at radius 2 is 2.25 bits per heavy atom. The molecule has 1 aliphatic rings. The highest BCUT2D eigenvalue weighted by Gasteiger charge is 2.46. The minimum atomic E-state index is -1.28. The van der Waals surface area contributed by atoms with E-state index in [4.69, 9.17) is 14.9 Å². The van der Waals surface area contributed by atoms with Crippen molar-refractivity contribution in [3.63, 3.8) is 0 Å². The maximum absolute atomic E-state index is 10.8. The first-order chi connectivity index (χ1) is 5.57. The van der Waals surface area contributed by atoms with Gasteiger partial charge in [-0.1, -0.05) is 0 Å². The van der Waals surface area contributed by atoms with Crippen LogP contribution in [0.4, 0.5) is 0 Å². The van der Waals surface area contributed by atoms with Gasteiger partial charge in [-0.3, -0.25) is 0 Å². The number of cyclic esters (lactones) is 1. The highest BCUT2D eigenvalue weighted by molar-refractivity contribution is 5.77. The second-order valence-electron chi connectivity index (χ2n) is 2.79. The molecule has 0 aliphatic carbocycles. The number of esters is 1. The Hall–Kier alpha value is -0.650. The number of hydrogen-bond donors (Lipinski definition) is 2. The first-order valence-corrected chi connectivity index (χ1v) is 3.67. The molecule has 0 amide bonds. The van der Waals surface area contributed by atoms with E-state index in [1.807, 2.05) is 0 Å². The standard InChI is InChI=1S/C7H12O5/c1-3(8)5-6(11-2)4(9)7(10)12-5/h3-6,8-9H,1-2H3. The number of methoxy groups -OCH3 is 1. The average molecular weight is 176 g/mol. The summed E-state index contributed by atoms with van der Waals surface area (Å²) >= 11 is 0. The van der Waals surface area contributed by atoms with E-state index in [-0.39, 0.29) is 0 Å². The topological polar surface area (TPSA) is 76.0 Å². The highest BCUT2D eigenvalue weighted by Crippen LogP contribution is 2.21. The fraction of sp³-hybridized carbons (Fsp3) is 0.857. The Balaban J connectivity index is 2.71. The van der Waals surface area contributed by atoms with E-state index in [0.29, 0.717) is 0 Å². The molecule has 1 aliphatic heterocycles. The molecule has 1 saturated heterocycles. The smallest absolute Gasteiger partial charge is 0.338 e. The summed E-state index contributed by atoms with van der Waals surface area (Å²) in [7, 11) is 1.35. The van der Waals surface area contributed by atoms with Gasteiger partial charge in [-0.15, -0.1) is 0 Å².